The third-order valence-electron chi connectivity index (χ3n) is 3.47. The van der Waals surface area contributed by atoms with Gasteiger partial charge in [-0.15, -0.1) is 0 Å². The maximum atomic E-state index is 13.8. The van der Waals surface area contributed by atoms with E-state index in [-0.39, 0.29) is 11.9 Å². The minimum atomic E-state index is -0.172. The number of aryl methyl sites for hydroxylation is 1. The van der Waals surface area contributed by atoms with Gasteiger partial charge in [-0.3, -0.25) is 0 Å². The summed E-state index contributed by atoms with van der Waals surface area (Å²) in [5.74, 6) is -0.172. The van der Waals surface area contributed by atoms with E-state index in [1.54, 1.807) is 6.07 Å². The number of hydrogen-bond acceptors (Lipinski definition) is 1. The van der Waals surface area contributed by atoms with Gasteiger partial charge in [0, 0.05) is 22.6 Å². The van der Waals surface area contributed by atoms with Gasteiger partial charge in [-0.2, -0.15) is 0 Å². The highest BCUT2D eigenvalue weighted by Crippen LogP contribution is 2.21. The van der Waals surface area contributed by atoms with Crippen molar-refractivity contribution < 1.29 is 4.39 Å². The first-order valence-electron chi connectivity index (χ1n) is 6.86. The number of halogens is 2. The van der Waals surface area contributed by atoms with Crippen molar-refractivity contribution in [1.29, 1.82) is 0 Å². The fourth-order valence-electron chi connectivity index (χ4n) is 2.12. The Bertz CT molecular complexity index is 566. The van der Waals surface area contributed by atoms with E-state index >= 15 is 0 Å². The highest BCUT2D eigenvalue weighted by atomic mass is 79.9. The fourth-order valence-corrected chi connectivity index (χ4v) is 2.50. The first-order chi connectivity index (χ1) is 9.60. The van der Waals surface area contributed by atoms with Gasteiger partial charge in [-0.1, -0.05) is 47.1 Å². The first kappa shape index (κ1) is 15.2. The molecule has 0 bridgehead atoms. The number of hydrogen-bond donors (Lipinski definition) is 1. The van der Waals surface area contributed by atoms with E-state index in [9.17, 15) is 4.39 Å². The van der Waals surface area contributed by atoms with Crippen LogP contribution in [0.1, 0.15) is 36.6 Å². The van der Waals surface area contributed by atoms with Crippen molar-refractivity contribution in [3.8, 4) is 0 Å². The smallest absolute Gasteiger partial charge is 0.128 e. The lowest BCUT2D eigenvalue weighted by Gasteiger charge is -2.15. The molecule has 2 rings (SSSR count). The molecule has 0 heterocycles. The summed E-state index contributed by atoms with van der Waals surface area (Å²) in [6.07, 6.45) is 1.05. The molecule has 0 aliphatic rings. The molecule has 1 atom stereocenters. The van der Waals surface area contributed by atoms with Crippen molar-refractivity contribution in [2.24, 2.45) is 0 Å². The van der Waals surface area contributed by atoms with E-state index in [0.717, 1.165) is 17.4 Å². The zero-order valence-corrected chi connectivity index (χ0v) is 13.4. The van der Waals surface area contributed by atoms with Crippen molar-refractivity contribution in [3.05, 3.63) is 69.4 Å². The Morgan fingerprint density at radius 2 is 1.75 bits per heavy atom. The summed E-state index contributed by atoms with van der Waals surface area (Å²) >= 11 is 3.38. The van der Waals surface area contributed by atoms with Gasteiger partial charge in [0.15, 0.2) is 0 Å². The van der Waals surface area contributed by atoms with Gasteiger partial charge in [-0.25, -0.2) is 4.39 Å². The fraction of sp³-hybridized carbons (Fsp3) is 0.294. The molecule has 1 N–H and O–H groups in total. The number of nitrogens with one attached hydrogen (secondary N) is 1. The minimum Gasteiger partial charge on any atom is -0.306 e. The van der Waals surface area contributed by atoms with Gasteiger partial charge >= 0.3 is 0 Å². The van der Waals surface area contributed by atoms with Crippen LogP contribution in [0.15, 0.2) is 46.9 Å². The number of benzene rings is 2. The molecule has 1 nitrogen and oxygen atoms in total. The molecule has 0 fully saturated rings. The lowest BCUT2D eigenvalue weighted by atomic mass is 10.1. The Kier molecular flexibility index (Phi) is 5.32. The van der Waals surface area contributed by atoms with E-state index < -0.39 is 0 Å². The van der Waals surface area contributed by atoms with Crippen LogP contribution in [-0.4, -0.2) is 0 Å². The molecule has 2 aromatic rings. The Morgan fingerprint density at radius 1 is 1.10 bits per heavy atom. The van der Waals surface area contributed by atoms with Gasteiger partial charge in [0.05, 0.1) is 0 Å². The normalized spacial score (nSPS) is 12.4. The molecule has 0 aliphatic heterocycles. The minimum absolute atomic E-state index is 0.0293. The molecule has 0 aliphatic carbocycles. The second kappa shape index (κ2) is 7.00. The van der Waals surface area contributed by atoms with E-state index in [1.807, 2.05) is 13.0 Å². The van der Waals surface area contributed by atoms with Gasteiger partial charge < -0.3 is 5.32 Å². The number of rotatable bonds is 5. The van der Waals surface area contributed by atoms with Crippen LogP contribution in [0.5, 0.6) is 0 Å². The molecular formula is C17H19BrFN. The summed E-state index contributed by atoms with van der Waals surface area (Å²) in [6.45, 7) is 4.85. The summed E-state index contributed by atoms with van der Waals surface area (Å²) in [4.78, 5) is 0. The zero-order chi connectivity index (χ0) is 14.5. The van der Waals surface area contributed by atoms with Crippen LogP contribution in [0.2, 0.25) is 0 Å². The highest BCUT2D eigenvalue weighted by Gasteiger charge is 2.10. The van der Waals surface area contributed by atoms with Crippen molar-refractivity contribution in [3.63, 3.8) is 0 Å². The summed E-state index contributed by atoms with van der Waals surface area (Å²) in [7, 11) is 0. The van der Waals surface area contributed by atoms with Crippen LogP contribution in [0, 0.1) is 5.82 Å². The third kappa shape index (κ3) is 3.90. The van der Waals surface area contributed by atoms with Crippen molar-refractivity contribution >= 4 is 15.9 Å². The van der Waals surface area contributed by atoms with E-state index in [4.69, 9.17) is 0 Å². The molecule has 0 radical (unpaired) electrons. The average Bonchev–Trinajstić information content (AvgIpc) is 2.47. The standard InChI is InChI=1S/C17H19BrFN/c1-3-13-4-6-14(7-5-13)11-20-12(2)16-10-15(18)8-9-17(16)19/h4-10,12,20H,3,11H2,1-2H3. The maximum Gasteiger partial charge on any atom is 0.128 e. The van der Waals surface area contributed by atoms with Crippen LogP contribution < -0.4 is 5.32 Å². The molecule has 0 amide bonds. The predicted octanol–water partition coefficient (Wildman–Crippen LogP) is 5.00. The molecule has 1 unspecified atom stereocenters. The Morgan fingerprint density at radius 3 is 2.40 bits per heavy atom. The monoisotopic (exact) mass is 335 g/mol. The molecule has 2 aromatic carbocycles. The van der Waals surface area contributed by atoms with Crippen molar-refractivity contribution in [1.82, 2.24) is 5.32 Å². The molecule has 3 heteroatoms. The predicted molar refractivity (Wildman–Crippen MR) is 85.2 cm³/mol. The van der Waals surface area contributed by atoms with E-state index in [0.29, 0.717) is 5.56 Å². The highest BCUT2D eigenvalue weighted by molar-refractivity contribution is 9.10. The van der Waals surface area contributed by atoms with Crippen LogP contribution in [-0.2, 0) is 13.0 Å². The topological polar surface area (TPSA) is 12.0 Å². The van der Waals surface area contributed by atoms with Crippen LogP contribution >= 0.6 is 15.9 Å². The van der Waals surface area contributed by atoms with Gasteiger partial charge in [-0.05, 0) is 42.7 Å². The Hall–Kier alpha value is -1.19. The van der Waals surface area contributed by atoms with Crippen molar-refractivity contribution in [2.75, 3.05) is 0 Å². The lowest BCUT2D eigenvalue weighted by molar-refractivity contribution is 0.528. The Balaban J connectivity index is 2.00. The Labute approximate surface area is 128 Å². The summed E-state index contributed by atoms with van der Waals surface area (Å²) in [6, 6.07) is 13.5. The molecule has 0 saturated heterocycles. The summed E-state index contributed by atoms with van der Waals surface area (Å²) in [5, 5.41) is 3.36. The molecule has 0 saturated carbocycles. The molecular weight excluding hydrogens is 317 g/mol. The molecule has 0 aromatic heterocycles. The van der Waals surface area contributed by atoms with Gasteiger partial charge in [0.1, 0.15) is 5.82 Å². The maximum absolute atomic E-state index is 13.8. The quantitative estimate of drug-likeness (QED) is 0.810. The average molecular weight is 336 g/mol. The first-order valence-corrected chi connectivity index (χ1v) is 7.65. The largest absolute Gasteiger partial charge is 0.306 e. The van der Waals surface area contributed by atoms with Crippen LogP contribution in [0.3, 0.4) is 0 Å². The lowest BCUT2D eigenvalue weighted by Crippen LogP contribution is -2.19. The van der Waals surface area contributed by atoms with Crippen LogP contribution in [0.25, 0.3) is 0 Å². The van der Waals surface area contributed by atoms with Crippen molar-refractivity contribution in [2.45, 2.75) is 32.9 Å². The van der Waals surface area contributed by atoms with Crippen LogP contribution in [0.4, 0.5) is 4.39 Å². The van der Waals surface area contributed by atoms with Gasteiger partial charge in [0.2, 0.25) is 0 Å². The van der Waals surface area contributed by atoms with Gasteiger partial charge in [0.25, 0.3) is 0 Å². The van der Waals surface area contributed by atoms with E-state index in [1.165, 1.54) is 17.2 Å². The van der Waals surface area contributed by atoms with E-state index in [2.05, 4.69) is 52.4 Å². The molecule has 0 spiro atoms. The molecule has 106 valence electrons. The summed E-state index contributed by atoms with van der Waals surface area (Å²) in [5.41, 5.74) is 3.23. The zero-order valence-electron chi connectivity index (χ0n) is 11.8. The SMILES string of the molecule is CCc1ccc(CNC(C)c2cc(Br)ccc2F)cc1. The summed E-state index contributed by atoms with van der Waals surface area (Å²) < 4.78 is 14.7. The second-order valence-electron chi connectivity index (χ2n) is 4.94. The molecule has 20 heavy (non-hydrogen) atoms. The third-order valence-corrected chi connectivity index (χ3v) is 3.96. The second-order valence-corrected chi connectivity index (χ2v) is 5.85.